The number of furan rings is 1. The van der Waals surface area contributed by atoms with E-state index in [1.807, 2.05) is 19.9 Å². The van der Waals surface area contributed by atoms with E-state index in [0.717, 1.165) is 61.6 Å². The minimum absolute atomic E-state index is 0.556. The molecule has 0 aliphatic carbocycles. The first-order valence-electron chi connectivity index (χ1n) is 7.52. The van der Waals surface area contributed by atoms with E-state index >= 15 is 0 Å². The third-order valence-corrected chi connectivity index (χ3v) is 4.56. The van der Waals surface area contributed by atoms with Gasteiger partial charge in [-0.15, -0.1) is 10.2 Å². The van der Waals surface area contributed by atoms with Gasteiger partial charge < -0.3 is 14.2 Å². The maximum absolute atomic E-state index is 5.81. The maximum Gasteiger partial charge on any atom is 0.251 e. The number of hydrogen-bond donors (Lipinski definition) is 1. The molecule has 4 heterocycles. The zero-order chi connectivity index (χ0) is 14.4. The second-order valence-electron chi connectivity index (χ2n) is 6.20. The van der Waals surface area contributed by atoms with Crippen LogP contribution in [0.1, 0.15) is 17.4 Å². The summed E-state index contributed by atoms with van der Waals surface area (Å²) in [7, 11) is 0. The first-order valence-corrected chi connectivity index (χ1v) is 7.52. The Bertz CT molecular complexity index is 636. The van der Waals surface area contributed by atoms with E-state index in [-0.39, 0.29) is 0 Å². The van der Waals surface area contributed by atoms with Gasteiger partial charge in [-0.25, -0.2) is 0 Å². The van der Waals surface area contributed by atoms with E-state index in [1.165, 1.54) is 0 Å². The zero-order valence-electron chi connectivity index (χ0n) is 12.4. The van der Waals surface area contributed by atoms with Crippen LogP contribution in [0.25, 0.3) is 11.5 Å². The van der Waals surface area contributed by atoms with Gasteiger partial charge in [-0.3, -0.25) is 4.90 Å². The van der Waals surface area contributed by atoms with Crippen molar-refractivity contribution in [2.45, 2.75) is 20.4 Å². The van der Waals surface area contributed by atoms with Crippen molar-refractivity contribution in [2.24, 2.45) is 11.8 Å². The number of likely N-dealkylation sites (tertiary alicyclic amines) is 1. The van der Waals surface area contributed by atoms with Crippen LogP contribution in [0.2, 0.25) is 0 Å². The highest BCUT2D eigenvalue weighted by Crippen LogP contribution is 2.29. The number of hydrogen-bond acceptors (Lipinski definition) is 6. The van der Waals surface area contributed by atoms with E-state index in [4.69, 9.17) is 8.83 Å². The van der Waals surface area contributed by atoms with Gasteiger partial charge in [-0.05, 0) is 44.8 Å². The second kappa shape index (κ2) is 4.96. The molecule has 0 saturated carbocycles. The van der Waals surface area contributed by atoms with Crippen LogP contribution in [0, 0.1) is 25.7 Å². The van der Waals surface area contributed by atoms with Crippen LogP contribution >= 0.6 is 0 Å². The highest BCUT2D eigenvalue weighted by Gasteiger charge is 2.36. The molecule has 21 heavy (non-hydrogen) atoms. The molecule has 6 nitrogen and oxygen atoms in total. The van der Waals surface area contributed by atoms with Gasteiger partial charge in [0.25, 0.3) is 5.89 Å². The third kappa shape index (κ3) is 2.38. The molecule has 0 bridgehead atoms. The molecule has 0 radical (unpaired) electrons. The summed E-state index contributed by atoms with van der Waals surface area (Å²) in [4.78, 5) is 2.42. The molecule has 2 aliphatic heterocycles. The summed E-state index contributed by atoms with van der Waals surface area (Å²) in [6.07, 6.45) is 0. The van der Waals surface area contributed by atoms with Gasteiger partial charge in [0.2, 0.25) is 5.89 Å². The molecule has 6 heteroatoms. The van der Waals surface area contributed by atoms with Crippen LogP contribution in [0.4, 0.5) is 0 Å². The predicted octanol–water partition coefficient (Wildman–Crippen LogP) is 1.60. The van der Waals surface area contributed by atoms with E-state index in [9.17, 15) is 0 Å². The number of fused-ring (bicyclic) bond motifs is 1. The van der Waals surface area contributed by atoms with Crippen LogP contribution in [0.3, 0.4) is 0 Å². The van der Waals surface area contributed by atoms with Crippen molar-refractivity contribution in [3.63, 3.8) is 0 Å². The Hall–Kier alpha value is -1.66. The van der Waals surface area contributed by atoms with Gasteiger partial charge in [0, 0.05) is 13.1 Å². The first kappa shape index (κ1) is 13.0. The summed E-state index contributed by atoms with van der Waals surface area (Å²) in [6, 6.07) is 1.94. The normalized spacial score (nSPS) is 25.6. The molecule has 2 saturated heterocycles. The van der Waals surface area contributed by atoms with Crippen molar-refractivity contribution in [3.8, 4) is 11.5 Å². The van der Waals surface area contributed by atoms with Crippen LogP contribution in [-0.2, 0) is 6.54 Å². The molecule has 112 valence electrons. The average Bonchev–Trinajstić information content (AvgIpc) is 3.14. The Morgan fingerprint density at radius 1 is 1.19 bits per heavy atom. The van der Waals surface area contributed by atoms with Gasteiger partial charge in [-0.2, -0.15) is 0 Å². The van der Waals surface area contributed by atoms with Gasteiger partial charge in [-0.1, -0.05) is 0 Å². The highest BCUT2D eigenvalue weighted by atomic mass is 16.4. The molecule has 0 spiro atoms. The van der Waals surface area contributed by atoms with Gasteiger partial charge >= 0.3 is 0 Å². The van der Waals surface area contributed by atoms with Crippen LogP contribution < -0.4 is 5.32 Å². The van der Waals surface area contributed by atoms with Crippen molar-refractivity contribution in [3.05, 3.63) is 23.5 Å². The Morgan fingerprint density at radius 3 is 2.62 bits per heavy atom. The molecule has 1 N–H and O–H groups in total. The topological polar surface area (TPSA) is 67.3 Å². The van der Waals surface area contributed by atoms with Crippen molar-refractivity contribution < 1.29 is 8.83 Å². The molecule has 2 atom stereocenters. The Morgan fingerprint density at radius 2 is 1.95 bits per heavy atom. The summed E-state index contributed by atoms with van der Waals surface area (Å²) in [5, 5.41) is 11.8. The second-order valence-corrected chi connectivity index (χ2v) is 6.20. The largest absolute Gasteiger partial charge is 0.466 e. The highest BCUT2D eigenvalue weighted by molar-refractivity contribution is 5.55. The molecule has 2 aromatic heterocycles. The fourth-order valence-electron chi connectivity index (χ4n) is 3.54. The number of aryl methyl sites for hydroxylation is 2. The van der Waals surface area contributed by atoms with E-state index in [1.54, 1.807) is 0 Å². The van der Waals surface area contributed by atoms with E-state index < -0.39 is 0 Å². The number of nitrogens with zero attached hydrogens (tertiary/aromatic N) is 3. The lowest BCUT2D eigenvalue weighted by Crippen LogP contribution is -2.25. The first-order chi connectivity index (χ1) is 10.2. The van der Waals surface area contributed by atoms with Crippen LogP contribution in [0.5, 0.6) is 0 Å². The fourth-order valence-corrected chi connectivity index (χ4v) is 3.54. The zero-order valence-corrected chi connectivity index (χ0v) is 12.4. The van der Waals surface area contributed by atoms with E-state index in [2.05, 4.69) is 20.4 Å². The fraction of sp³-hybridized carbons (Fsp3) is 0.600. The third-order valence-electron chi connectivity index (χ3n) is 4.56. The molecule has 0 unspecified atom stereocenters. The van der Waals surface area contributed by atoms with E-state index in [0.29, 0.717) is 11.8 Å². The molecule has 2 fully saturated rings. The SMILES string of the molecule is Cc1cc(-c2nnc(CN3C[C@H]4CNC[C@H]4C3)o2)c(C)o1. The summed E-state index contributed by atoms with van der Waals surface area (Å²) in [5.74, 6) is 4.50. The summed E-state index contributed by atoms with van der Waals surface area (Å²) < 4.78 is 11.3. The number of rotatable bonds is 3. The summed E-state index contributed by atoms with van der Waals surface area (Å²) in [6.45, 7) is 9.12. The minimum atomic E-state index is 0.556. The smallest absolute Gasteiger partial charge is 0.251 e. The van der Waals surface area contributed by atoms with Crippen molar-refractivity contribution in [1.29, 1.82) is 0 Å². The predicted molar refractivity (Wildman–Crippen MR) is 76.6 cm³/mol. The molecule has 2 aliphatic rings. The molecule has 2 aromatic rings. The molecule has 0 aromatic carbocycles. The van der Waals surface area contributed by atoms with Crippen LogP contribution in [0.15, 0.2) is 14.9 Å². The van der Waals surface area contributed by atoms with Gasteiger partial charge in [0.15, 0.2) is 0 Å². The molecular formula is C15H20N4O2. The number of aromatic nitrogens is 2. The standard InChI is InChI=1S/C15H20N4O2/c1-9-3-13(10(2)20-9)15-18-17-14(21-15)8-19-6-11-4-16-5-12(11)7-19/h3,11-12,16H,4-8H2,1-2H3/t11-,12+. The lowest BCUT2D eigenvalue weighted by Gasteiger charge is -2.13. The molecular weight excluding hydrogens is 268 g/mol. The molecule has 0 amide bonds. The molecule has 4 rings (SSSR count). The summed E-state index contributed by atoms with van der Waals surface area (Å²) >= 11 is 0. The Labute approximate surface area is 123 Å². The van der Waals surface area contributed by atoms with Crippen molar-refractivity contribution >= 4 is 0 Å². The lowest BCUT2D eigenvalue weighted by atomic mass is 10.0. The lowest BCUT2D eigenvalue weighted by molar-refractivity contribution is 0.273. The summed E-state index contributed by atoms with van der Waals surface area (Å²) in [5.41, 5.74) is 0.897. The Balaban J connectivity index is 1.47. The number of nitrogens with one attached hydrogen (secondary N) is 1. The Kier molecular flexibility index (Phi) is 3.08. The minimum Gasteiger partial charge on any atom is -0.466 e. The average molecular weight is 288 g/mol. The van der Waals surface area contributed by atoms with Gasteiger partial charge in [0.05, 0.1) is 12.1 Å². The monoisotopic (exact) mass is 288 g/mol. The van der Waals surface area contributed by atoms with Gasteiger partial charge in [0.1, 0.15) is 11.5 Å². The quantitative estimate of drug-likeness (QED) is 0.925. The van der Waals surface area contributed by atoms with Crippen molar-refractivity contribution in [1.82, 2.24) is 20.4 Å². The van der Waals surface area contributed by atoms with Crippen LogP contribution in [-0.4, -0.2) is 41.3 Å². The van der Waals surface area contributed by atoms with Crippen molar-refractivity contribution in [2.75, 3.05) is 26.2 Å². The maximum atomic E-state index is 5.81.